The zero-order valence-electron chi connectivity index (χ0n) is 20.0. The normalized spacial score (nSPS) is 18.9. The summed E-state index contributed by atoms with van der Waals surface area (Å²) in [4.78, 5) is 27.4. The van der Waals surface area contributed by atoms with E-state index in [-0.39, 0.29) is 46.9 Å². The number of fused-ring (bicyclic) bond motifs is 1. The van der Waals surface area contributed by atoms with E-state index in [2.05, 4.69) is 10.4 Å². The summed E-state index contributed by atoms with van der Waals surface area (Å²) in [6.07, 6.45) is 3.21. The van der Waals surface area contributed by atoms with Gasteiger partial charge in [0.05, 0.1) is 6.61 Å². The summed E-state index contributed by atoms with van der Waals surface area (Å²) in [5.74, 6) is -0.0797. The molecule has 0 unspecified atom stereocenters. The molecular weight excluding hydrogens is 467 g/mol. The quantitative estimate of drug-likeness (QED) is 0.496. The van der Waals surface area contributed by atoms with Crippen molar-refractivity contribution in [3.63, 3.8) is 0 Å². The van der Waals surface area contributed by atoms with E-state index in [4.69, 9.17) is 9.47 Å². The molecule has 2 aromatic carbocycles. The summed E-state index contributed by atoms with van der Waals surface area (Å²) >= 11 is 0. The first-order valence-electron chi connectivity index (χ1n) is 11.8. The number of rotatable bonds is 8. The van der Waals surface area contributed by atoms with Gasteiger partial charge in [0.25, 0.3) is 11.8 Å². The molecule has 9 nitrogen and oxygen atoms in total. The van der Waals surface area contributed by atoms with Gasteiger partial charge in [0, 0.05) is 49.1 Å². The molecule has 2 aliphatic heterocycles. The molecule has 3 aromatic rings. The molecule has 3 aliphatic rings. The van der Waals surface area contributed by atoms with Gasteiger partial charge in [-0.25, -0.2) is 4.39 Å². The first-order chi connectivity index (χ1) is 17.3. The van der Waals surface area contributed by atoms with Crippen LogP contribution in [-0.2, 0) is 7.05 Å². The van der Waals surface area contributed by atoms with Crippen LogP contribution < -0.4 is 14.8 Å². The van der Waals surface area contributed by atoms with E-state index in [0.29, 0.717) is 11.7 Å². The molecule has 0 radical (unpaired) electrons. The predicted octanol–water partition coefficient (Wildman–Crippen LogP) is 3.60. The van der Waals surface area contributed by atoms with E-state index in [1.54, 1.807) is 37.0 Å². The van der Waals surface area contributed by atoms with Crippen LogP contribution in [0, 0.1) is 11.7 Å². The van der Waals surface area contributed by atoms with E-state index < -0.39 is 17.8 Å². The molecule has 1 saturated carbocycles. The number of halogens is 1. The van der Waals surface area contributed by atoms with E-state index in [1.165, 1.54) is 30.3 Å². The van der Waals surface area contributed by atoms with Gasteiger partial charge in [-0.2, -0.15) is 5.10 Å². The minimum Gasteiger partial charge on any atom is -0.488 e. The smallest absolute Gasteiger partial charge is 0.257 e. The Labute approximate surface area is 207 Å². The van der Waals surface area contributed by atoms with Crippen LogP contribution in [0.25, 0.3) is 0 Å². The number of aromatic nitrogens is 2. The molecule has 188 valence electrons. The van der Waals surface area contributed by atoms with Crippen molar-refractivity contribution >= 4 is 17.6 Å². The highest BCUT2D eigenvalue weighted by molar-refractivity contribution is 6.04. The van der Waals surface area contributed by atoms with Crippen LogP contribution in [0.4, 0.5) is 10.2 Å². The number of carbonyl (C=O) groups is 2. The van der Waals surface area contributed by atoms with E-state index in [1.807, 2.05) is 4.90 Å². The molecule has 2 saturated heterocycles. The van der Waals surface area contributed by atoms with Crippen molar-refractivity contribution < 1.29 is 28.6 Å². The van der Waals surface area contributed by atoms with Crippen molar-refractivity contribution in [2.75, 3.05) is 18.5 Å². The lowest BCUT2D eigenvalue weighted by molar-refractivity contribution is 0.0750. The van der Waals surface area contributed by atoms with Crippen LogP contribution >= 0.6 is 0 Å². The van der Waals surface area contributed by atoms with E-state index in [9.17, 15) is 19.1 Å². The van der Waals surface area contributed by atoms with Crippen molar-refractivity contribution in [2.45, 2.75) is 31.9 Å². The molecule has 0 spiro atoms. The Morgan fingerprint density at radius 1 is 1.17 bits per heavy atom. The fourth-order valence-electron chi connectivity index (χ4n) is 4.56. The highest BCUT2D eigenvalue weighted by atomic mass is 19.1. The molecular formula is C26H27FN4O5. The summed E-state index contributed by atoms with van der Waals surface area (Å²) < 4.78 is 27.9. The highest BCUT2D eigenvalue weighted by Crippen LogP contribution is 2.41. The zero-order valence-corrected chi connectivity index (χ0v) is 20.0. The molecule has 1 atom stereocenters. The minimum atomic E-state index is -0.693. The number of benzene rings is 2. The Hall–Kier alpha value is -3.92. The number of ether oxygens (including phenoxy) is 2. The molecule has 3 heterocycles. The fourth-order valence-corrected chi connectivity index (χ4v) is 4.56. The lowest BCUT2D eigenvalue weighted by Crippen LogP contribution is -2.34. The number of nitrogens with one attached hydrogen (secondary N) is 1. The summed E-state index contributed by atoms with van der Waals surface area (Å²) in [6.45, 7) is 2.16. The van der Waals surface area contributed by atoms with E-state index in [0.717, 1.165) is 19.4 Å². The summed E-state index contributed by atoms with van der Waals surface area (Å²) in [6, 6.07) is 10.5. The van der Waals surface area contributed by atoms with Gasteiger partial charge in [-0.1, -0.05) is 0 Å². The van der Waals surface area contributed by atoms with Crippen molar-refractivity contribution in [1.29, 1.82) is 0 Å². The Balaban J connectivity index is 1.37. The van der Waals surface area contributed by atoms with Crippen molar-refractivity contribution in [1.82, 2.24) is 14.7 Å². The Bertz CT molecular complexity index is 1300. The number of hydrogen-bond acceptors (Lipinski definition) is 6. The number of aliphatic hydroxyl groups is 1. The fraction of sp³-hybridized carbons (Fsp3) is 0.346. The number of anilines is 1. The maximum Gasteiger partial charge on any atom is 0.257 e. The summed E-state index contributed by atoms with van der Waals surface area (Å²) in [7, 11) is 1.73. The lowest BCUT2D eigenvalue weighted by Gasteiger charge is -2.25. The second-order valence-electron chi connectivity index (χ2n) is 9.33. The van der Waals surface area contributed by atoms with Gasteiger partial charge in [0.1, 0.15) is 17.6 Å². The minimum absolute atomic E-state index is 0.0966. The lowest BCUT2D eigenvalue weighted by atomic mass is 9.86. The molecule has 36 heavy (non-hydrogen) atoms. The van der Waals surface area contributed by atoms with Crippen molar-refractivity contribution in [2.24, 2.45) is 13.0 Å². The topological polar surface area (TPSA) is 106 Å². The standard InChI is InChI=1S/C26H27FN4O5/c1-15(14-32)35-20-9-18(25(33)28-24-5-6-30(2)29-24)10-21(12-20)36-23-4-3-17(11-22(23)27)26(34)31-13-16-7-19(31)8-16/h3-6,9-12,15-16,19,32H,7-8,13-14H2,1-2H3,(H,28,29,33)/t15-,16?,19?/m0/s1. The van der Waals surface area contributed by atoms with Crippen LogP contribution in [0.1, 0.15) is 40.5 Å². The number of amides is 2. The van der Waals surface area contributed by atoms with Gasteiger partial charge >= 0.3 is 0 Å². The van der Waals surface area contributed by atoms with Crippen molar-refractivity contribution in [3.8, 4) is 17.2 Å². The summed E-state index contributed by atoms with van der Waals surface area (Å²) in [5.41, 5.74) is 0.468. The SMILES string of the molecule is C[C@@H](CO)Oc1cc(Oc2ccc(C(=O)N3CC4CC3C4)cc2F)cc(C(=O)Nc2ccn(C)n2)c1. The molecule has 10 heteroatoms. The number of hydrogen-bond donors (Lipinski definition) is 2. The average Bonchev–Trinajstić information content (AvgIpc) is 3.55. The molecule has 1 aromatic heterocycles. The Kier molecular flexibility index (Phi) is 6.36. The third-order valence-electron chi connectivity index (χ3n) is 6.47. The average molecular weight is 495 g/mol. The third-order valence-corrected chi connectivity index (χ3v) is 6.47. The monoisotopic (exact) mass is 494 g/mol. The van der Waals surface area contributed by atoms with Gasteiger partial charge < -0.3 is 24.8 Å². The van der Waals surface area contributed by atoms with Gasteiger partial charge in [-0.3, -0.25) is 14.3 Å². The second kappa shape index (κ2) is 9.62. The van der Waals surface area contributed by atoms with Gasteiger partial charge in [-0.15, -0.1) is 0 Å². The van der Waals surface area contributed by atoms with Crippen LogP contribution in [0.3, 0.4) is 0 Å². The zero-order chi connectivity index (χ0) is 25.4. The molecule has 6 rings (SSSR count). The second-order valence-corrected chi connectivity index (χ2v) is 9.33. The molecule has 2 bridgehead atoms. The number of aryl methyl sites for hydroxylation is 1. The molecule has 3 fully saturated rings. The van der Waals surface area contributed by atoms with Crippen LogP contribution in [0.15, 0.2) is 48.7 Å². The van der Waals surface area contributed by atoms with Crippen LogP contribution in [0.2, 0.25) is 0 Å². The Morgan fingerprint density at radius 3 is 2.58 bits per heavy atom. The summed E-state index contributed by atoms with van der Waals surface area (Å²) in [5, 5.41) is 16.2. The van der Waals surface area contributed by atoms with Gasteiger partial charge in [0.2, 0.25) is 0 Å². The largest absolute Gasteiger partial charge is 0.488 e. The number of carbonyl (C=O) groups excluding carboxylic acids is 2. The highest BCUT2D eigenvalue weighted by Gasteiger charge is 2.45. The van der Waals surface area contributed by atoms with Gasteiger partial charge in [-0.05, 0) is 56.0 Å². The van der Waals surface area contributed by atoms with Crippen LogP contribution in [0.5, 0.6) is 17.2 Å². The van der Waals surface area contributed by atoms with Crippen molar-refractivity contribution in [3.05, 3.63) is 65.6 Å². The molecule has 2 amide bonds. The molecule has 1 aliphatic carbocycles. The Morgan fingerprint density at radius 2 is 1.94 bits per heavy atom. The first kappa shape index (κ1) is 23.8. The molecule has 2 N–H and O–H groups in total. The maximum absolute atomic E-state index is 15.0. The number of aliphatic hydroxyl groups excluding tert-OH is 1. The third kappa shape index (κ3) is 4.90. The maximum atomic E-state index is 15.0. The van der Waals surface area contributed by atoms with Gasteiger partial charge in [0.15, 0.2) is 17.4 Å². The predicted molar refractivity (Wildman–Crippen MR) is 129 cm³/mol. The van der Waals surface area contributed by atoms with E-state index >= 15 is 0 Å². The number of nitrogens with zero attached hydrogens (tertiary/aromatic N) is 3. The first-order valence-corrected chi connectivity index (χ1v) is 11.8. The van der Waals surface area contributed by atoms with Crippen LogP contribution in [-0.4, -0.2) is 56.9 Å².